The number of ether oxygens (including phenoxy) is 3. The van der Waals surface area contributed by atoms with Crippen LogP contribution in [0.5, 0.6) is 17.2 Å². The van der Waals surface area contributed by atoms with Crippen LogP contribution in [-0.4, -0.2) is 80.3 Å². The molecule has 4 N–H and O–H groups in total. The van der Waals surface area contributed by atoms with Crippen molar-refractivity contribution in [2.24, 2.45) is 0 Å². The summed E-state index contributed by atoms with van der Waals surface area (Å²) in [6.07, 6.45) is -4.44. The molecule has 5 atom stereocenters. The van der Waals surface area contributed by atoms with Gasteiger partial charge in [-0.1, -0.05) is 18.2 Å². The van der Waals surface area contributed by atoms with Gasteiger partial charge in [-0.2, -0.15) is 8.42 Å². The standard InChI is InChI=1S/C22H27NO10S/c1-12(25)23-19-21(27)20(26)18(11-24)32-22(19)31-17-7-5-4-6-14(17)15-10-13(33-34(3,28)29)8-9-16(15)30-2/h4-10,18-22,24,26-27H,11H2,1-3H3,(H,23,25)/t18-,19-,20+,21-,22-/m1/s1. The molecule has 0 spiro atoms. The molecule has 2 aromatic rings. The highest BCUT2D eigenvalue weighted by Crippen LogP contribution is 2.40. The van der Waals surface area contributed by atoms with Gasteiger partial charge in [0.05, 0.1) is 20.0 Å². The van der Waals surface area contributed by atoms with Crippen molar-refractivity contribution in [2.75, 3.05) is 20.0 Å². The van der Waals surface area contributed by atoms with Crippen LogP contribution in [0, 0.1) is 0 Å². The molecular weight excluding hydrogens is 470 g/mol. The molecule has 1 aliphatic heterocycles. The van der Waals surface area contributed by atoms with Gasteiger partial charge in [-0.25, -0.2) is 0 Å². The summed E-state index contributed by atoms with van der Waals surface area (Å²) in [5.41, 5.74) is 0.898. The van der Waals surface area contributed by atoms with E-state index in [9.17, 15) is 28.5 Å². The number of para-hydroxylation sites is 1. The van der Waals surface area contributed by atoms with E-state index in [1.54, 1.807) is 24.3 Å². The van der Waals surface area contributed by atoms with Gasteiger partial charge in [-0.05, 0) is 24.3 Å². The molecule has 1 aliphatic rings. The largest absolute Gasteiger partial charge is 0.496 e. The van der Waals surface area contributed by atoms with Crippen molar-refractivity contribution < 1.29 is 46.9 Å². The van der Waals surface area contributed by atoms with Crippen molar-refractivity contribution in [3.8, 4) is 28.4 Å². The number of hydrogen-bond donors (Lipinski definition) is 4. The summed E-state index contributed by atoms with van der Waals surface area (Å²) in [5, 5.41) is 32.8. The maximum Gasteiger partial charge on any atom is 0.306 e. The lowest BCUT2D eigenvalue weighted by molar-refractivity contribution is -0.244. The Kier molecular flexibility index (Phi) is 8.00. The third-order valence-electron chi connectivity index (χ3n) is 5.09. The fraction of sp³-hybridized carbons (Fsp3) is 0.409. The highest BCUT2D eigenvalue weighted by molar-refractivity contribution is 7.86. The number of methoxy groups -OCH3 is 1. The number of aliphatic hydroxyl groups is 3. The van der Waals surface area contributed by atoms with Crippen molar-refractivity contribution in [2.45, 2.75) is 37.6 Å². The van der Waals surface area contributed by atoms with Crippen LogP contribution in [0.3, 0.4) is 0 Å². The van der Waals surface area contributed by atoms with E-state index in [2.05, 4.69) is 5.32 Å². The molecule has 0 radical (unpaired) electrons. The molecule has 1 amide bonds. The molecular formula is C22H27NO10S. The van der Waals surface area contributed by atoms with Crippen LogP contribution in [0.15, 0.2) is 42.5 Å². The summed E-state index contributed by atoms with van der Waals surface area (Å²) in [6, 6.07) is 9.95. The van der Waals surface area contributed by atoms with Gasteiger partial charge < -0.3 is 39.0 Å². The Labute approximate surface area is 197 Å². The quantitative estimate of drug-likeness (QED) is 0.366. The Morgan fingerprint density at radius 2 is 1.79 bits per heavy atom. The second kappa shape index (κ2) is 10.6. The molecule has 3 rings (SSSR count). The molecule has 0 unspecified atom stereocenters. The lowest BCUT2D eigenvalue weighted by Crippen LogP contribution is -2.65. The third-order valence-corrected chi connectivity index (χ3v) is 5.58. The zero-order chi connectivity index (χ0) is 25.0. The fourth-order valence-corrected chi connectivity index (χ4v) is 4.07. The molecule has 1 saturated heterocycles. The number of hydrogen-bond acceptors (Lipinski definition) is 10. The van der Waals surface area contributed by atoms with E-state index in [0.717, 1.165) is 6.26 Å². The van der Waals surface area contributed by atoms with E-state index in [1.165, 1.54) is 32.2 Å². The molecule has 2 aromatic carbocycles. The summed E-state index contributed by atoms with van der Waals surface area (Å²) in [6.45, 7) is 0.644. The molecule has 1 fully saturated rings. The predicted molar refractivity (Wildman–Crippen MR) is 120 cm³/mol. The van der Waals surface area contributed by atoms with Gasteiger partial charge in [-0.3, -0.25) is 4.79 Å². The first-order valence-corrected chi connectivity index (χ1v) is 12.1. The fourth-order valence-electron chi connectivity index (χ4n) is 3.61. The molecule has 12 heteroatoms. The van der Waals surface area contributed by atoms with Crippen molar-refractivity contribution in [1.29, 1.82) is 0 Å². The molecule has 0 aromatic heterocycles. The van der Waals surface area contributed by atoms with Crippen molar-refractivity contribution in [1.82, 2.24) is 5.32 Å². The molecule has 0 bridgehead atoms. The summed E-state index contributed by atoms with van der Waals surface area (Å²) in [5.74, 6) is 0.190. The number of rotatable bonds is 8. The van der Waals surface area contributed by atoms with Crippen LogP contribution in [0.4, 0.5) is 0 Å². The molecule has 1 heterocycles. The average Bonchev–Trinajstić information content (AvgIpc) is 2.77. The van der Waals surface area contributed by atoms with E-state index in [0.29, 0.717) is 16.9 Å². The highest BCUT2D eigenvalue weighted by Gasteiger charge is 2.46. The Morgan fingerprint density at radius 1 is 1.09 bits per heavy atom. The Morgan fingerprint density at radius 3 is 2.41 bits per heavy atom. The minimum Gasteiger partial charge on any atom is -0.496 e. The van der Waals surface area contributed by atoms with Crippen LogP contribution in [0.1, 0.15) is 6.92 Å². The lowest BCUT2D eigenvalue weighted by atomic mass is 9.96. The minimum absolute atomic E-state index is 0.0528. The first-order valence-electron chi connectivity index (χ1n) is 10.3. The number of aliphatic hydroxyl groups excluding tert-OH is 3. The minimum atomic E-state index is -3.78. The van der Waals surface area contributed by atoms with E-state index >= 15 is 0 Å². The zero-order valence-electron chi connectivity index (χ0n) is 18.7. The van der Waals surface area contributed by atoms with E-state index in [4.69, 9.17) is 18.4 Å². The number of benzene rings is 2. The van der Waals surface area contributed by atoms with Crippen LogP contribution in [0.25, 0.3) is 11.1 Å². The number of nitrogens with one attached hydrogen (secondary N) is 1. The van der Waals surface area contributed by atoms with Crippen LogP contribution >= 0.6 is 0 Å². The zero-order valence-corrected chi connectivity index (χ0v) is 19.6. The molecule has 0 saturated carbocycles. The predicted octanol–water partition coefficient (Wildman–Crippen LogP) is 0.0231. The van der Waals surface area contributed by atoms with Gasteiger partial charge in [0, 0.05) is 18.1 Å². The summed E-state index contributed by atoms with van der Waals surface area (Å²) in [4.78, 5) is 11.7. The van der Waals surface area contributed by atoms with E-state index in [-0.39, 0.29) is 11.5 Å². The van der Waals surface area contributed by atoms with Crippen molar-refractivity contribution in [3.05, 3.63) is 42.5 Å². The van der Waals surface area contributed by atoms with Gasteiger partial charge in [-0.15, -0.1) is 0 Å². The Balaban J connectivity index is 2.02. The van der Waals surface area contributed by atoms with Gasteiger partial charge in [0.25, 0.3) is 0 Å². The Hall–Kier alpha value is -2.90. The first kappa shape index (κ1) is 25.7. The van der Waals surface area contributed by atoms with Crippen LogP contribution < -0.4 is 19.0 Å². The summed E-state index contributed by atoms with van der Waals surface area (Å²) in [7, 11) is -2.33. The topological polar surface area (TPSA) is 161 Å². The van der Waals surface area contributed by atoms with Crippen LogP contribution in [0.2, 0.25) is 0 Å². The van der Waals surface area contributed by atoms with Crippen molar-refractivity contribution >= 4 is 16.0 Å². The monoisotopic (exact) mass is 497 g/mol. The molecule has 11 nitrogen and oxygen atoms in total. The maximum absolute atomic E-state index is 11.7. The average molecular weight is 498 g/mol. The summed E-state index contributed by atoms with van der Waals surface area (Å²) >= 11 is 0. The maximum atomic E-state index is 11.7. The first-order chi connectivity index (χ1) is 16.0. The lowest BCUT2D eigenvalue weighted by Gasteiger charge is -2.42. The third kappa shape index (κ3) is 5.96. The van der Waals surface area contributed by atoms with Gasteiger partial charge in [0.15, 0.2) is 0 Å². The van der Waals surface area contributed by atoms with Crippen molar-refractivity contribution in [3.63, 3.8) is 0 Å². The normalized spacial score (nSPS) is 24.8. The number of carbonyl (C=O) groups excluding carboxylic acids is 1. The second-order valence-electron chi connectivity index (χ2n) is 7.70. The Bertz CT molecular complexity index is 1120. The molecule has 186 valence electrons. The highest BCUT2D eigenvalue weighted by atomic mass is 32.2. The second-order valence-corrected chi connectivity index (χ2v) is 9.27. The molecule has 34 heavy (non-hydrogen) atoms. The number of carbonyl (C=O) groups is 1. The number of amides is 1. The van der Waals surface area contributed by atoms with Gasteiger partial charge >= 0.3 is 10.1 Å². The van der Waals surface area contributed by atoms with E-state index in [1.807, 2.05) is 0 Å². The van der Waals surface area contributed by atoms with Crippen LogP contribution in [-0.2, 0) is 19.6 Å². The molecule has 0 aliphatic carbocycles. The summed E-state index contributed by atoms with van der Waals surface area (Å²) < 4.78 is 45.2. The SMILES string of the molecule is COc1ccc(OS(C)(=O)=O)cc1-c1ccccc1O[C@@H]1O[C@H](CO)[C@H](O)[C@H](O)[C@H]1NC(C)=O. The van der Waals surface area contributed by atoms with E-state index < -0.39 is 53.3 Å². The van der Waals surface area contributed by atoms with Gasteiger partial charge in [0.1, 0.15) is 41.6 Å². The smallest absolute Gasteiger partial charge is 0.306 e. The van der Waals surface area contributed by atoms with Gasteiger partial charge in [0.2, 0.25) is 12.2 Å².